The van der Waals surface area contributed by atoms with Crippen molar-refractivity contribution in [1.82, 2.24) is 60.0 Å². The molecule has 4 heterocycles. The van der Waals surface area contributed by atoms with Crippen molar-refractivity contribution in [2.24, 2.45) is 23.7 Å². The average Bonchev–Trinajstić information content (AvgIpc) is 1.40. The summed E-state index contributed by atoms with van der Waals surface area (Å²) in [5.74, 6) is -8.77. The number of fused-ring (bicyclic) bond motifs is 2. The zero-order valence-corrected chi connectivity index (χ0v) is 63.2. The number of carbonyl (C=O) groups is 12. The molecule has 0 unspecified atom stereocenters. The molecule has 0 bridgehead atoms. The number of halogens is 4. The second-order valence-corrected chi connectivity index (χ2v) is 31.0. The fraction of sp³-hybridized carbons (Fsp3) is 0.757. The van der Waals surface area contributed by atoms with Crippen molar-refractivity contribution in [3.8, 4) is 0 Å². The SMILES string of the molecule is CCC[C@H]1C(=O)N2CC[C@H]2C(=O)N(C)[C@@H](CC2CCCCC2)C(=O)N(C)CC(=O)N[C@@H](CCc2ccc(C(F)(F)F)c(Cl)c2)C(=O)N2CCC[C@H]2C(=O)NC2(CCCC2)C(=O)N(C)[C@@H](C(C)C)C(=O)N(C)[C@H](C(=O)N2CCCCC2)CC(=O)N(C)[C@@H](CC(C)C)C(=O)N[C@@H]([C@@H](C)CC)C(=O)N1C. The lowest BCUT2D eigenvalue weighted by Crippen LogP contribution is -2.65. The molecule has 1 aromatic carbocycles. The molecule has 7 rings (SSSR count). The van der Waals surface area contributed by atoms with Crippen LogP contribution in [0.5, 0.6) is 0 Å². The van der Waals surface area contributed by atoms with Crippen molar-refractivity contribution in [3.63, 3.8) is 0 Å². The number of nitrogens with zero attached hydrogens (tertiary/aromatic N) is 9. The van der Waals surface area contributed by atoms with Gasteiger partial charge in [0.25, 0.3) is 0 Å². The van der Waals surface area contributed by atoms with Crippen LogP contribution in [0, 0.1) is 23.7 Å². The second-order valence-electron chi connectivity index (χ2n) is 30.6. The number of benzene rings is 1. The van der Waals surface area contributed by atoms with E-state index >= 15 is 52.7 Å². The third-order valence-corrected chi connectivity index (χ3v) is 22.9. The van der Waals surface area contributed by atoms with Crippen LogP contribution in [0.4, 0.5) is 13.2 Å². The van der Waals surface area contributed by atoms with E-state index in [2.05, 4.69) is 16.0 Å². The van der Waals surface area contributed by atoms with E-state index in [9.17, 15) is 18.0 Å². The molecule has 10 atom stereocenters. The zero-order valence-electron chi connectivity index (χ0n) is 62.5. The summed E-state index contributed by atoms with van der Waals surface area (Å²) in [5, 5.41) is 8.22. The summed E-state index contributed by atoms with van der Waals surface area (Å²) >= 11 is 6.17. The number of rotatable bonds is 13. The number of amides is 12. The van der Waals surface area contributed by atoms with E-state index in [0.29, 0.717) is 63.6 Å². The van der Waals surface area contributed by atoms with Crippen molar-refractivity contribution in [2.75, 3.05) is 75.0 Å². The van der Waals surface area contributed by atoms with Crippen molar-refractivity contribution < 1.29 is 70.7 Å². The van der Waals surface area contributed by atoms with E-state index in [1.54, 1.807) is 25.7 Å². The molecular formula is C74H114ClF3N12O12. The largest absolute Gasteiger partial charge is 0.417 e. The van der Waals surface area contributed by atoms with Crippen LogP contribution in [-0.2, 0) is 70.1 Å². The van der Waals surface area contributed by atoms with Crippen LogP contribution in [0.25, 0.3) is 0 Å². The van der Waals surface area contributed by atoms with Crippen LogP contribution < -0.4 is 16.0 Å². The molecule has 102 heavy (non-hydrogen) atoms. The molecule has 2 aliphatic carbocycles. The van der Waals surface area contributed by atoms with E-state index in [4.69, 9.17) is 11.6 Å². The number of hydrogen-bond donors (Lipinski definition) is 3. The summed E-state index contributed by atoms with van der Waals surface area (Å²) < 4.78 is 41.7. The molecule has 570 valence electrons. The normalized spacial score (nSPS) is 27.5. The molecule has 28 heteroatoms. The lowest BCUT2D eigenvalue weighted by atomic mass is 9.84. The molecule has 4 aliphatic heterocycles. The monoisotopic (exact) mass is 1450 g/mol. The standard InChI is InChI=1S/C74H114ClF3N12O12/c1-14-25-54-69(99)90-39-33-55(90)67(97)85(11)57(42-48-26-18-16-19-27-48)66(96)82(8)44-59(91)79-52(32-30-49-29-31-50(51(75)41-49)74(76,77)78)65(95)89-38-24-28-53(89)64(94)81-73(34-20-21-35-73)72(102)87(13)62(46(5)6)71(101)86(12)58(68(98)88-36-22-17-23-37-88)43-60(92)83(9)56(40-45(3)4)63(93)80-61(47(7)15-2)70(100)84(54)10/h29,31,41,45-48,52-58,61-62H,14-28,30,32-40,42-44H2,1-13H3,(H,79,91)(H,80,93)(H,81,94)/t47-,52-,53-,54-,55-,56-,57-,58-,61-,62-/m0/s1. The molecule has 24 nitrogen and oxygen atoms in total. The highest BCUT2D eigenvalue weighted by atomic mass is 35.5. The van der Waals surface area contributed by atoms with Crippen LogP contribution >= 0.6 is 11.6 Å². The Morgan fingerprint density at radius 3 is 1.82 bits per heavy atom. The Hall–Kier alpha value is -7.06. The molecule has 3 N–H and O–H groups in total. The Kier molecular flexibility index (Phi) is 29.1. The van der Waals surface area contributed by atoms with Crippen molar-refractivity contribution in [3.05, 3.63) is 34.3 Å². The zero-order chi connectivity index (χ0) is 75.4. The van der Waals surface area contributed by atoms with Gasteiger partial charge < -0.3 is 60.0 Å². The minimum atomic E-state index is -4.76. The average molecular weight is 1460 g/mol. The van der Waals surface area contributed by atoms with E-state index in [1.807, 2.05) is 27.7 Å². The number of likely N-dealkylation sites (tertiary alicyclic amines) is 1. The lowest BCUT2D eigenvalue weighted by Gasteiger charge is -2.46. The topological polar surface area (TPSA) is 270 Å². The molecule has 0 radical (unpaired) electrons. The molecule has 0 aromatic heterocycles. The maximum Gasteiger partial charge on any atom is 0.417 e. The van der Waals surface area contributed by atoms with Gasteiger partial charge in [-0.3, -0.25) is 57.5 Å². The summed E-state index contributed by atoms with van der Waals surface area (Å²) in [6.07, 6.45) is 4.41. The summed E-state index contributed by atoms with van der Waals surface area (Å²) in [6, 6.07) is -7.77. The van der Waals surface area contributed by atoms with Gasteiger partial charge in [0.15, 0.2) is 0 Å². The molecule has 12 amide bonds. The van der Waals surface area contributed by atoms with Gasteiger partial charge in [-0.15, -0.1) is 0 Å². The van der Waals surface area contributed by atoms with Gasteiger partial charge in [-0.25, -0.2) is 0 Å². The first kappa shape index (κ1) is 82.2. The van der Waals surface area contributed by atoms with Gasteiger partial charge in [0.05, 0.1) is 23.6 Å². The van der Waals surface area contributed by atoms with Gasteiger partial charge in [-0.1, -0.05) is 124 Å². The van der Waals surface area contributed by atoms with Gasteiger partial charge in [0, 0.05) is 68.5 Å². The highest BCUT2D eigenvalue weighted by molar-refractivity contribution is 6.31. The van der Waals surface area contributed by atoms with Gasteiger partial charge >= 0.3 is 6.18 Å². The first-order valence-corrected chi connectivity index (χ1v) is 37.7. The van der Waals surface area contributed by atoms with E-state index in [0.717, 1.165) is 55.6 Å². The highest BCUT2D eigenvalue weighted by Gasteiger charge is 2.52. The van der Waals surface area contributed by atoms with Gasteiger partial charge in [0.2, 0.25) is 70.9 Å². The highest BCUT2D eigenvalue weighted by Crippen LogP contribution is 2.38. The molecule has 6 aliphatic rings. The number of likely N-dealkylation sites (N-methyl/N-ethyl adjacent to an activating group) is 6. The minimum Gasteiger partial charge on any atom is -0.343 e. The van der Waals surface area contributed by atoms with Crippen molar-refractivity contribution in [1.29, 1.82) is 0 Å². The van der Waals surface area contributed by atoms with E-state index < -0.39 is 172 Å². The maximum absolute atomic E-state index is 15.5. The number of piperidine rings is 1. The molecule has 1 spiro atoms. The Bertz CT molecular complexity index is 3190. The predicted octanol–water partition coefficient (Wildman–Crippen LogP) is 6.81. The molecule has 4 saturated heterocycles. The number of aryl methyl sites for hydroxylation is 1. The van der Waals surface area contributed by atoms with E-state index in [-0.39, 0.29) is 82.7 Å². The van der Waals surface area contributed by atoms with Crippen LogP contribution in [0.2, 0.25) is 5.02 Å². The fourth-order valence-electron chi connectivity index (χ4n) is 16.0. The van der Waals surface area contributed by atoms with Crippen molar-refractivity contribution in [2.45, 2.75) is 262 Å². The Balaban J connectivity index is 1.30. The lowest BCUT2D eigenvalue weighted by molar-refractivity contribution is -0.161. The summed E-state index contributed by atoms with van der Waals surface area (Å²) in [7, 11) is 8.70. The summed E-state index contributed by atoms with van der Waals surface area (Å²) in [6.45, 7) is 13.0. The van der Waals surface area contributed by atoms with Crippen LogP contribution in [0.1, 0.15) is 201 Å². The Labute approximate surface area is 605 Å². The quantitative estimate of drug-likeness (QED) is 0.184. The maximum atomic E-state index is 15.5. The van der Waals surface area contributed by atoms with Crippen LogP contribution in [-0.4, -0.2) is 250 Å². The predicted molar refractivity (Wildman–Crippen MR) is 378 cm³/mol. The summed E-state index contributed by atoms with van der Waals surface area (Å²) in [4.78, 5) is 193. The number of hydrogen-bond acceptors (Lipinski definition) is 12. The molecule has 6 fully saturated rings. The van der Waals surface area contributed by atoms with E-state index in [1.165, 1.54) is 82.7 Å². The van der Waals surface area contributed by atoms with Crippen LogP contribution in [0.15, 0.2) is 18.2 Å². The summed E-state index contributed by atoms with van der Waals surface area (Å²) in [5.41, 5.74) is -2.35. The number of nitrogens with one attached hydrogen (secondary N) is 3. The van der Waals surface area contributed by atoms with Crippen LogP contribution in [0.3, 0.4) is 0 Å². The molecule has 1 aromatic rings. The second kappa shape index (κ2) is 36.1. The molecule has 2 saturated carbocycles. The smallest absolute Gasteiger partial charge is 0.343 e. The van der Waals surface area contributed by atoms with Gasteiger partial charge in [-0.2, -0.15) is 13.2 Å². The third kappa shape index (κ3) is 19.5. The van der Waals surface area contributed by atoms with Gasteiger partial charge in [0.1, 0.15) is 59.9 Å². The Morgan fingerprint density at radius 2 is 1.25 bits per heavy atom. The minimum absolute atomic E-state index is 0.0219. The molecular weight excluding hydrogens is 1340 g/mol. The number of alkyl halides is 3. The van der Waals surface area contributed by atoms with Crippen molar-refractivity contribution >= 4 is 82.5 Å². The first-order chi connectivity index (χ1) is 48.1. The Morgan fingerprint density at radius 1 is 0.618 bits per heavy atom. The van der Waals surface area contributed by atoms with Gasteiger partial charge in [-0.05, 0) is 125 Å². The first-order valence-electron chi connectivity index (χ1n) is 37.3. The third-order valence-electron chi connectivity index (χ3n) is 22.5. The number of carbonyl (C=O) groups excluding carboxylic acids is 12. The fourth-order valence-corrected chi connectivity index (χ4v) is 16.3.